The van der Waals surface area contributed by atoms with E-state index in [1.165, 1.54) is 0 Å². The minimum absolute atomic E-state index is 0.390. The summed E-state index contributed by atoms with van der Waals surface area (Å²) in [7, 11) is 0. The fourth-order valence-corrected chi connectivity index (χ4v) is 3.46. The number of aromatic amines is 1. The Morgan fingerprint density at radius 2 is 2.00 bits per heavy atom. The number of fused-ring (bicyclic) bond motifs is 3. The quantitative estimate of drug-likeness (QED) is 0.542. The van der Waals surface area contributed by atoms with Gasteiger partial charge in [0.25, 0.3) is 0 Å². The standard InChI is InChI=1S/C19H17N3O2S/c23-25(24)21-11-9-13-4-1-5-14(12-13)15-6-2-8-17-18(15)16-7-3-10-20-19(16)22-17/h1-8,10,12,21H,9,11H2,(H,20,22)(H,23,24)/p-1. The minimum Gasteiger partial charge on any atom is -0.760 e. The second-order valence-electron chi connectivity index (χ2n) is 5.83. The van der Waals surface area contributed by atoms with Crippen molar-refractivity contribution in [1.29, 1.82) is 0 Å². The fourth-order valence-electron chi connectivity index (χ4n) is 3.19. The number of hydrogen-bond acceptors (Lipinski definition) is 3. The zero-order valence-electron chi connectivity index (χ0n) is 13.4. The second kappa shape index (κ2) is 6.76. The molecular formula is C19H16N3O2S-. The molecule has 5 nitrogen and oxygen atoms in total. The number of aromatic nitrogens is 2. The van der Waals surface area contributed by atoms with Gasteiger partial charge in [0.1, 0.15) is 5.65 Å². The van der Waals surface area contributed by atoms with E-state index in [0.29, 0.717) is 13.0 Å². The monoisotopic (exact) mass is 350 g/mol. The van der Waals surface area contributed by atoms with Crippen molar-refractivity contribution in [2.24, 2.45) is 0 Å². The van der Waals surface area contributed by atoms with Crippen LogP contribution < -0.4 is 4.72 Å². The van der Waals surface area contributed by atoms with E-state index in [9.17, 15) is 8.76 Å². The molecule has 0 radical (unpaired) electrons. The van der Waals surface area contributed by atoms with Crippen LogP contribution in [0.3, 0.4) is 0 Å². The summed E-state index contributed by atoms with van der Waals surface area (Å²) in [6.07, 6.45) is 2.43. The van der Waals surface area contributed by atoms with E-state index in [2.05, 4.69) is 45.0 Å². The average Bonchev–Trinajstić information content (AvgIpc) is 3.00. The summed E-state index contributed by atoms with van der Waals surface area (Å²) in [4.78, 5) is 7.77. The first-order valence-corrected chi connectivity index (χ1v) is 9.07. The summed E-state index contributed by atoms with van der Waals surface area (Å²) in [5.41, 5.74) is 5.27. The van der Waals surface area contributed by atoms with Crippen molar-refractivity contribution in [2.75, 3.05) is 6.54 Å². The normalized spacial score (nSPS) is 12.7. The lowest BCUT2D eigenvalue weighted by molar-refractivity contribution is 0.523. The summed E-state index contributed by atoms with van der Waals surface area (Å²) >= 11 is -2.22. The summed E-state index contributed by atoms with van der Waals surface area (Å²) in [5.74, 6) is 0. The van der Waals surface area contributed by atoms with Crippen molar-refractivity contribution in [3.8, 4) is 11.1 Å². The molecule has 0 amide bonds. The van der Waals surface area contributed by atoms with Crippen LogP contribution in [-0.4, -0.2) is 25.3 Å². The highest BCUT2D eigenvalue weighted by Gasteiger charge is 2.10. The molecule has 4 rings (SSSR count). The van der Waals surface area contributed by atoms with E-state index < -0.39 is 11.3 Å². The van der Waals surface area contributed by atoms with Crippen LogP contribution >= 0.6 is 0 Å². The molecule has 0 saturated heterocycles. The van der Waals surface area contributed by atoms with Crippen LogP contribution in [0.5, 0.6) is 0 Å². The first kappa shape index (κ1) is 16.0. The van der Waals surface area contributed by atoms with Gasteiger partial charge in [-0.15, -0.1) is 0 Å². The van der Waals surface area contributed by atoms with Gasteiger partial charge in [-0.25, -0.2) is 9.71 Å². The predicted octanol–water partition coefficient (Wildman–Crippen LogP) is 3.31. The Bertz CT molecular complexity index is 1070. The van der Waals surface area contributed by atoms with Gasteiger partial charge >= 0.3 is 0 Å². The van der Waals surface area contributed by atoms with E-state index in [0.717, 1.165) is 38.6 Å². The molecule has 2 heterocycles. The fraction of sp³-hybridized carbons (Fsp3) is 0.105. The summed E-state index contributed by atoms with van der Waals surface area (Å²) < 4.78 is 23.6. The van der Waals surface area contributed by atoms with Gasteiger partial charge in [-0.05, 0) is 41.3 Å². The minimum atomic E-state index is -2.22. The lowest BCUT2D eigenvalue weighted by Crippen LogP contribution is -2.19. The molecule has 25 heavy (non-hydrogen) atoms. The van der Waals surface area contributed by atoms with Crippen LogP contribution in [0.1, 0.15) is 5.56 Å². The van der Waals surface area contributed by atoms with E-state index in [-0.39, 0.29) is 0 Å². The third kappa shape index (κ3) is 3.19. The Balaban J connectivity index is 1.78. The third-order valence-electron chi connectivity index (χ3n) is 4.27. The van der Waals surface area contributed by atoms with Crippen LogP contribution in [0.25, 0.3) is 33.1 Å². The first-order valence-electron chi connectivity index (χ1n) is 8.00. The highest BCUT2D eigenvalue weighted by molar-refractivity contribution is 7.77. The molecule has 2 aromatic carbocycles. The maximum atomic E-state index is 10.6. The van der Waals surface area contributed by atoms with Crippen LogP contribution in [-0.2, 0) is 17.7 Å². The molecule has 0 fully saturated rings. The van der Waals surface area contributed by atoms with E-state index in [1.807, 2.05) is 24.3 Å². The van der Waals surface area contributed by atoms with Crippen molar-refractivity contribution < 1.29 is 8.76 Å². The van der Waals surface area contributed by atoms with Crippen molar-refractivity contribution >= 4 is 33.2 Å². The highest BCUT2D eigenvalue weighted by atomic mass is 32.2. The molecule has 6 heteroatoms. The van der Waals surface area contributed by atoms with Gasteiger partial charge < -0.3 is 9.54 Å². The Morgan fingerprint density at radius 3 is 2.88 bits per heavy atom. The maximum Gasteiger partial charge on any atom is 0.138 e. The predicted molar refractivity (Wildman–Crippen MR) is 99.7 cm³/mol. The lowest BCUT2D eigenvalue weighted by atomic mass is 9.97. The number of H-pyrrole nitrogens is 1. The Labute approximate surface area is 147 Å². The molecular weight excluding hydrogens is 334 g/mol. The number of pyridine rings is 1. The smallest absolute Gasteiger partial charge is 0.138 e. The van der Waals surface area contributed by atoms with Gasteiger partial charge in [0.05, 0.1) is 0 Å². The van der Waals surface area contributed by atoms with Crippen molar-refractivity contribution in [1.82, 2.24) is 14.7 Å². The van der Waals surface area contributed by atoms with E-state index in [4.69, 9.17) is 0 Å². The summed E-state index contributed by atoms with van der Waals surface area (Å²) in [6, 6.07) is 18.4. The number of nitrogens with one attached hydrogen (secondary N) is 2. The van der Waals surface area contributed by atoms with Crippen LogP contribution in [0.15, 0.2) is 60.8 Å². The van der Waals surface area contributed by atoms with Gasteiger partial charge in [-0.2, -0.15) is 0 Å². The molecule has 1 unspecified atom stereocenters. The van der Waals surface area contributed by atoms with Gasteiger partial charge in [-0.3, -0.25) is 4.21 Å². The molecule has 0 aliphatic rings. The number of benzene rings is 2. The second-order valence-corrected chi connectivity index (χ2v) is 6.59. The molecule has 1 atom stereocenters. The molecule has 0 aliphatic carbocycles. The number of rotatable bonds is 5. The maximum absolute atomic E-state index is 10.6. The van der Waals surface area contributed by atoms with Crippen LogP contribution in [0.4, 0.5) is 0 Å². The van der Waals surface area contributed by atoms with Crippen molar-refractivity contribution in [3.05, 3.63) is 66.4 Å². The highest BCUT2D eigenvalue weighted by Crippen LogP contribution is 2.34. The van der Waals surface area contributed by atoms with Crippen molar-refractivity contribution in [3.63, 3.8) is 0 Å². The molecule has 4 aromatic rings. The lowest BCUT2D eigenvalue weighted by Gasteiger charge is -2.09. The first-order chi connectivity index (χ1) is 12.2. The molecule has 0 aliphatic heterocycles. The van der Waals surface area contributed by atoms with Gasteiger partial charge in [-0.1, -0.05) is 36.4 Å². The Morgan fingerprint density at radius 1 is 1.12 bits per heavy atom. The van der Waals surface area contributed by atoms with Crippen LogP contribution in [0.2, 0.25) is 0 Å². The Hall–Kier alpha value is -2.54. The molecule has 0 bridgehead atoms. The molecule has 126 valence electrons. The number of nitrogens with zero attached hydrogens (tertiary/aromatic N) is 1. The molecule has 0 saturated carbocycles. The van der Waals surface area contributed by atoms with Crippen molar-refractivity contribution in [2.45, 2.75) is 6.42 Å². The molecule has 0 spiro atoms. The average molecular weight is 350 g/mol. The summed E-state index contributed by atoms with van der Waals surface area (Å²) in [5, 5.41) is 2.25. The zero-order valence-corrected chi connectivity index (χ0v) is 14.2. The topological polar surface area (TPSA) is 80.8 Å². The zero-order chi connectivity index (χ0) is 17.2. The number of hydrogen-bond donors (Lipinski definition) is 2. The van der Waals surface area contributed by atoms with E-state index >= 15 is 0 Å². The van der Waals surface area contributed by atoms with Gasteiger partial charge in [0.15, 0.2) is 0 Å². The van der Waals surface area contributed by atoms with Gasteiger partial charge in [0.2, 0.25) is 0 Å². The largest absolute Gasteiger partial charge is 0.760 e. The molecule has 2 N–H and O–H groups in total. The third-order valence-corrected chi connectivity index (χ3v) is 4.71. The SMILES string of the molecule is O=S([O-])NCCc1cccc(-c2cccc3[nH]c4ncccc4c23)c1. The summed E-state index contributed by atoms with van der Waals surface area (Å²) in [6.45, 7) is 0.390. The Kier molecular flexibility index (Phi) is 4.31. The van der Waals surface area contributed by atoms with E-state index in [1.54, 1.807) is 6.20 Å². The molecule has 2 aromatic heterocycles. The van der Waals surface area contributed by atoms with Gasteiger partial charge in [0, 0.05) is 40.3 Å². The van der Waals surface area contributed by atoms with Crippen LogP contribution in [0, 0.1) is 0 Å².